The van der Waals surface area contributed by atoms with Crippen LogP contribution in [0.4, 0.5) is 0 Å². The van der Waals surface area contributed by atoms with Gasteiger partial charge in [0.2, 0.25) is 11.7 Å². The molecular weight excluding hydrogens is 264 g/mol. The lowest BCUT2D eigenvalue weighted by atomic mass is 9.82. The first kappa shape index (κ1) is 14.2. The summed E-state index contributed by atoms with van der Waals surface area (Å²) in [5.74, 6) is 1.38. The SMILES string of the molecule is CCCC1(c2nc(-c3ncccc3CC)no2)CCNC1. The predicted octanol–water partition coefficient (Wildman–Crippen LogP) is 2.73. The maximum Gasteiger partial charge on any atom is 0.234 e. The summed E-state index contributed by atoms with van der Waals surface area (Å²) < 4.78 is 5.62. The molecule has 112 valence electrons. The number of aryl methyl sites for hydroxylation is 1. The molecule has 5 nitrogen and oxygen atoms in total. The van der Waals surface area contributed by atoms with E-state index in [1.54, 1.807) is 6.20 Å². The maximum absolute atomic E-state index is 5.62. The van der Waals surface area contributed by atoms with Crippen LogP contribution in [-0.4, -0.2) is 28.2 Å². The summed E-state index contributed by atoms with van der Waals surface area (Å²) in [5, 5.41) is 7.62. The molecule has 5 heteroatoms. The van der Waals surface area contributed by atoms with Crippen LogP contribution in [0, 0.1) is 0 Å². The fraction of sp³-hybridized carbons (Fsp3) is 0.562. The molecule has 0 amide bonds. The minimum atomic E-state index is 0.00115. The molecule has 0 radical (unpaired) electrons. The van der Waals surface area contributed by atoms with Gasteiger partial charge in [-0.15, -0.1) is 0 Å². The first-order valence-corrected chi connectivity index (χ1v) is 7.78. The summed E-state index contributed by atoms with van der Waals surface area (Å²) in [4.78, 5) is 9.11. The summed E-state index contributed by atoms with van der Waals surface area (Å²) in [6.45, 7) is 6.25. The van der Waals surface area contributed by atoms with Crippen molar-refractivity contribution >= 4 is 0 Å². The average molecular weight is 286 g/mol. The lowest BCUT2D eigenvalue weighted by Gasteiger charge is -2.22. The van der Waals surface area contributed by atoms with Crippen LogP contribution in [0.3, 0.4) is 0 Å². The zero-order valence-electron chi connectivity index (χ0n) is 12.7. The smallest absolute Gasteiger partial charge is 0.234 e. The summed E-state index contributed by atoms with van der Waals surface area (Å²) in [5.41, 5.74) is 1.99. The van der Waals surface area contributed by atoms with E-state index >= 15 is 0 Å². The molecule has 0 aliphatic carbocycles. The highest BCUT2D eigenvalue weighted by Crippen LogP contribution is 2.35. The largest absolute Gasteiger partial charge is 0.338 e. The van der Waals surface area contributed by atoms with Crippen LogP contribution in [-0.2, 0) is 11.8 Å². The lowest BCUT2D eigenvalue weighted by molar-refractivity contribution is 0.277. The normalized spacial score (nSPS) is 21.8. The van der Waals surface area contributed by atoms with Gasteiger partial charge in [-0.25, -0.2) is 0 Å². The molecule has 3 heterocycles. The van der Waals surface area contributed by atoms with E-state index in [0.717, 1.165) is 55.9 Å². The van der Waals surface area contributed by atoms with Crippen molar-refractivity contribution < 1.29 is 4.52 Å². The molecule has 1 atom stereocenters. The predicted molar refractivity (Wildman–Crippen MR) is 81.0 cm³/mol. The van der Waals surface area contributed by atoms with Gasteiger partial charge in [-0.05, 0) is 37.4 Å². The van der Waals surface area contributed by atoms with Crippen molar-refractivity contribution in [1.82, 2.24) is 20.4 Å². The molecule has 1 aliphatic heterocycles. The third kappa shape index (κ3) is 2.58. The average Bonchev–Trinajstić information content (AvgIpc) is 3.17. The molecule has 0 bridgehead atoms. The molecule has 2 aromatic rings. The second kappa shape index (κ2) is 5.93. The molecule has 1 aliphatic rings. The summed E-state index contributed by atoms with van der Waals surface area (Å²) >= 11 is 0. The van der Waals surface area contributed by atoms with Crippen molar-refractivity contribution in [3.63, 3.8) is 0 Å². The van der Waals surface area contributed by atoms with E-state index in [-0.39, 0.29) is 5.41 Å². The number of rotatable bonds is 5. The molecule has 1 N–H and O–H groups in total. The number of hydrogen-bond donors (Lipinski definition) is 1. The number of aromatic nitrogens is 3. The van der Waals surface area contributed by atoms with Gasteiger partial charge in [-0.3, -0.25) is 4.98 Å². The highest BCUT2D eigenvalue weighted by atomic mass is 16.5. The zero-order chi connectivity index (χ0) is 14.7. The molecule has 0 spiro atoms. The highest BCUT2D eigenvalue weighted by molar-refractivity contribution is 5.54. The Labute approximate surface area is 125 Å². The van der Waals surface area contributed by atoms with Gasteiger partial charge < -0.3 is 9.84 Å². The van der Waals surface area contributed by atoms with E-state index in [0.29, 0.717) is 5.82 Å². The third-order valence-corrected chi connectivity index (χ3v) is 4.34. The molecule has 21 heavy (non-hydrogen) atoms. The van der Waals surface area contributed by atoms with Gasteiger partial charge in [-0.2, -0.15) is 4.98 Å². The van der Waals surface area contributed by atoms with Crippen molar-refractivity contribution in [2.45, 2.75) is 44.9 Å². The molecule has 2 aromatic heterocycles. The fourth-order valence-corrected chi connectivity index (χ4v) is 3.19. The van der Waals surface area contributed by atoms with Gasteiger partial charge >= 0.3 is 0 Å². The van der Waals surface area contributed by atoms with E-state index in [9.17, 15) is 0 Å². The highest BCUT2D eigenvalue weighted by Gasteiger charge is 2.40. The van der Waals surface area contributed by atoms with Crippen LogP contribution in [0.25, 0.3) is 11.5 Å². The van der Waals surface area contributed by atoms with Crippen LogP contribution < -0.4 is 5.32 Å². The number of nitrogens with one attached hydrogen (secondary N) is 1. The second-order valence-corrected chi connectivity index (χ2v) is 5.74. The van der Waals surface area contributed by atoms with E-state index in [1.807, 2.05) is 6.07 Å². The Morgan fingerprint density at radius 2 is 2.29 bits per heavy atom. The van der Waals surface area contributed by atoms with Crippen LogP contribution in [0.2, 0.25) is 0 Å². The van der Waals surface area contributed by atoms with Gasteiger partial charge in [-0.1, -0.05) is 31.5 Å². The first-order valence-electron chi connectivity index (χ1n) is 7.78. The molecule has 0 aromatic carbocycles. The Kier molecular flexibility index (Phi) is 4.01. The Balaban J connectivity index is 1.96. The van der Waals surface area contributed by atoms with Crippen molar-refractivity contribution in [3.8, 4) is 11.5 Å². The first-order chi connectivity index (χ1) is 10.3. The van der Waals surface area contributed by atoms with Crippen LogP contribution in [0.5, 0.6) is 0 Å². The molecule has 1 unspecified atom stereocenters. The minimum Gasteiger partial charge on any atom is -0.338 e. The van der Waals surface area contributed by atoms with Gasteiger partial charge in [0.05, 0.1) is 5.41 Å². The van der Waals surface area contributed by atoms with Crippen LogP contribution in [0.1, 0.15) is 44.6 Å². The Bertz CT molecular complexity index is 602. The van der Waals surface area contributed by atoms with Crippen molar-refractivity contribution in [1.29, 1.82) is 0 Å². The maximum atomic E-state index is 5.62. The van der Waals surface area contributed by atoms with E-state index in [4.69, 9.17) is 4.52 Å². The Hall–Kier alpha value is -1.75. The minimum absolute atomic E-state index is 0.00115. The van der Waals surface area contributed by atoms with Crippen molar-refractivity contribution in [3.05, 3.63) is 29.8 Å². The van der Waals surface area contributed by atoms with Crippen molar-refractivity contribution in [2.24, 2.45) is 0 Å². The quantitative estimate of drug-likeness (QED) is 0.915. The summed E-state index contributed by atoms with van der Waals surface area (Å²) in [6.07, 6.45) is 5.94. The topological polar surface area (TPSA) is 63.8 Å². The van der Waals surface area contributed by atoms with Gasteiger partial charge in [0, 0.05) is 12.7 Å². The fourth-order valence-electron chi connectivity index (χ4n) is 3.19. The number of pyridine rings is 1. The Morgan fingerprint density at radius 1 is 1.38 bits per heavy atom. The molecular formula is C16H22N4O. The Morgan fingerprint density at radius 3 is 3.00 bits per heavy atom. The van der Waals surface area contributed by atoms with E-state index in [2.05, 4.69) is 40.4 Å². The van der Waals surface area contributed by atoms with Crippen molar-refractivity contribution in [2.75, 3.05) is 13.1 Å². The monoisotopic (exact) mass is 286 g/mol. The molecule has 3 rings (SSSR count). The molecule has 1 fully saturated rings. The van der Waals surface area contributed by atoms with Crippen LogP contribution >= 0.6 is 0 Å². The van der Waals surface area contributed by atoms with Crippen LogP contribution in [0.15, 0.2) is 22.9 Å². The standard InChI is InChI=1S/C16H22N4O/c1-3-7-16(8-10-17-11-16)15-19-14(20-21-15)13-12(4-2)6-5-9-18-13/h5-6,9,17H,3-4,7-8,10-11H2,1-2H3. The van der Waals surface area contributed by atoms with E-state index in [1.165, 1.54) is 0 Å². The van der Waals surface area contributed by atoms with Gasteiger partial charge in [0.15, 0.2) is 0 Å². The zero-order valence-corrected chi connectivity index (χ0v) is 12.7. The number of nitrogens with zero attached hydrogens (tertiary/aromatic N) is 3. The summed E-state index contributed by atoms with van der Waals surface area (Å²) in [6, 6.07) is 4.01. The van der Waals surface area contributed by atoms with Gasteiger partial charge in [0.1, 0.15) is 5.69 Å². The van der Waals surface area contributed by atoms with Gasteiger partial charge in [0.25, 0.3) is 0 Å². The number of hydrogen-bond acceptors (Lipinski definition) is 5. The second-order valence-electron chi connectivity index (χ2n) is 5.74. The van der Waals surface area contributed by atoms with E-state index < -0.39 is 0 Å². The molecule has 1 saturated heterocycles. The lowest BCUT2D eigenvalue weighted by Crippen LogP contribution is -2.29. The summed E-state index contributed by atoms with van der Waals surface area (Å²) in [7, 11) is 0. The third-order valence-electron chi connectivity index (χ3n) is 4.34. The molecule has 0 saturated carbocycles.